The largest absolute Gasteiger partial charge is 0.462 e. The van der Waals surface area contributed by atoms with Crippen molar-refractivity contribution in [2.24, 2.45) is 0 Å². The summed E-state index contributed by atoms with van der Waals surface area (Å²) in [6, 6.07) is -0.712. The van der Waals surface area contributed by atoms with Crippen LogP contribution in [0.3, 0.4) is 0 Å². The van der Waals surface area contributed by atoms with Gasteiger partial charge in [0.1, 0.15) is 6.10 Å². The Morgan fingerprint density at radius 2 is 0.906 bits per heavy atom. The smallest absolute Gasteiger partial charge is 0.306 e. The summed E-state index contributed by atoms with van der Waals surface area (Å²) in [7, 11) is 0. The van der Waals surface area contributed by atoms with E-state index < -0.39 is 18.2 Å². The number of nitrogens with one attached hydrogen (secondary N) is 1. The van der Waals surface area contributed by atoms with Crippen molar-refractivity contribution in [3.63, 3.8) is 0 Å². The number of hydrogen-bond acceptors (Lipinski definition) is 5. The molecule has 0 saturated heterocycles. The van der Waals surface area contributed by atoms with Crippen molar-refractivity contribution in [2.75, 3.05) is 6.61 Å². The van der Waals surface area contributed by atoms with Crippen molar-refractivity contribution >= 4 is 11.9 Å². The second-order valence-electron chi connectivity index (χ2n) is 18.3. The highest BCUT2D eigenvalue weighted by Crippen LogP contribution is 2.18. The lowest BCUT2D eigenvalue weighted by Crippen LogP contribution is -2.46. The molecule has 0 saturated carbocycles. The summed E-state index contributed by atoms with van der Waals surface area (Å²) in [5, 5.41) is 23.8. The number of amides is 1. The first kappa shape index (κ1) is 61.3. The van der Waals surface area contributed by atoms with E-state index in [1.54, 1.807) is 0 Å². The van der Waals surface area contributed by atoms with Crippen LogP contribution in [-0.4, -0.2) is 46.9 Å². The molecule has 0 aliphatic carbocycles. The maximum Gasteiger partial charge on any atom is 0.306 e. The Morgan fingerprint density at radius 3 is 1.44 bits per heavy atom. The van der Waals surface area contributed by atoms with Crippen LogP contribution >= 0.6 is 0 Å². The average Bonchev–Trinajstić information content (AvgIpc) is 3.29. The van der Waals surface area contributed by atoms with Gasteiger partial charge in [-0.05, 0) is 77.0 Å². The Hall–Kier alpha value is -2.70. The molecule has 3 unspecified atom stereocenters. The highest BCUT2D eigenvalue weighted by Gasteiger charge is 2.24. The van der Waals surface area contributed by atoms with E-state index >= 15 is 0 Å². The fourth-order valence-corrected chi connectivity index (χ4v) is 8.00. The summed E-state index contributed by atoms with van der Waals surface area (Å²) in [6.45, 7) is 6.32. The van der Waals surface area contributed by atoms with Crippen LogP contribution in [0.2, 0.25) is 0 Å². The van der Waals surface area contributed by atoms with Gasteiger partial charge in [-0.15, -0.1) is 0 Å². The van der Waals surface area contributed by atoms with Crippen LogP contribution in [0.5, 0.6) is 0 Å². The lowest BCUT2D eigenvalue weighted by atomic mass is 10.0. The van der Waals surface area contributed by atoms with Gasteiger partial charge in [0.05, 0.1) is 25.2 Å². The molecule has 3 N–H and O–H groups in total. The molecule has 370 valence electrons. The van der Waals surface area contributed by atoms with Crippen LogP contribution in [0.15, 0.2) is 72.9 Å². The molecule has 0 spiro atoms. The number of carbonyl (C=O) groups excluding carboxylic acids is 2. The van der Waals surface area contributed by atoms with Gasteiger partial charge in [-0.3, -0.25) is 9.59 Å². The second kappa shape index (κ2) is 51.3. The van der Waals surface area contributed by atoms with Crippen molar-refractivity contribution in [3.8, 4) is 0 Å². The van der Waals surface area contributed by atoms with E-state index in [1.807, 2.05) is 18.2 Å². The van der Waals surface area contributed by atoms with Crippen LogP contribution in [0.4, 0.5) is 0 Å². The van der Waals surface area contributed by atoms with Crippen LogP contribution in [-0.2, 0) is 14.3 Å². The van der Waals surface area contributed by atoms with Gasteiger partial charge in [-0.2, -0.15) is 0 Å². The van der Waals surface area contributed by atoms with Gasteiger partial charge in [-0.1, -0.05) is 241 Å². The van der Waals surface area contributed by atoms with Gasteiger partial charge >= 0.3 is 5.97 Å². The number of aliphatic hydroxyl groups is 2. The zero-order chi connectivity index (χ0) is 46.7. The first-order valence-electron chi connectivity index (χ1n) is 27.2. The van der Waals surface area contributed by atoms with Gasteiger partial charge in [0.25, 0.3) is 0 Å². The second-order valence-corrected chi connectivity index (χ2v) is 18.3. The van der Waals surface area contributed by atoms with Gasteiger partial charge in [-0.25, -0.2) is 0 Å². The summed E-state index contributed by atoms with van der Waals surface area (Å²) >= 11 is 0. The zero-order valence-electron chi connectivity index (χ0n) is 42.1. The van der Waals surface area contributed by atoms with Crippen LogP contribution in [0.25, 0.3) is 0 Å². The predicted octanol–water partition coefficient (Wildman–Crippen LogP) is 16.6. The number of rotatable bonds is 48. The van der Waals surface area contributed by atoms with Gasteiger partial charge < -0.3 is 20.3 Å². The third-order valence-electron chi connectivity index (χ3n) is 12.1. The van der Waals surface area contributed by atoms with E-state index in [2.05, 4.69) is 80.8 Å². The molecule has 64 heavy (non-hydrogen) atoms. The molecule has 0 radical (unpaired) electrons. The predicted molar refractivity (Wildman–Crippen MR) is 278 cm³/mol. The highest BCUT2D eigenvalue weighted by molar-refractivity contribution is 5.77. The maximum absolute atomic E-state index is 13.2. The molecule has 0 fully saturated rings. The maximum atomic E-state index is 13.2. The van der Waals surface area contributed by atoms with E-state index in [9.17, 15) is 19.8 Å². The minimum Gasteiger partial charge on any atom is -0.462 e. The van der Waals surface area contributed by atoms with E-state index in [4.69, 9.17) is 4.74 Å². The molecule has 0 bridgehead atoms. The first-order chi connectivity index (χ1) is 31.5. The summed E-state index contributed by atoms with van der Waals surface area (Å²) < 4.78 is 5.94. The topological polar surface area (TPSA) is 95.9 Å². The molecule has 0 aliphatic heterocycles. The summed E-state index contributed by atoms with van der Waals surface area (Å²) in [4.78, 5) is 26.2. The molecule has 0 aromatic rings. The Morgan fingerprint density at radius 1 is 0.484 bits per heavy atom. The standard InChI is InChI=1S/C58H103NO5/c1-4-7-10-13-16-19-22-25-27-28-30-32-34-37-40-43-46-49-54(64-58(63)51-48-45-42-39-36-33-29-26-23-20-17-14-11-8-5-2)52-57(62)59-55(53-60)56(61)50-47-44-41-38-35-31-24-21-18-15-12-9-6-3/h8,11,14,16-17,19-20,23,25-27,29,54-56,60-61H,4-7,9-10,12-13,15,18,21-22,24,28,30-53H2,1-3H3,(H,59,62)/b11-8+,17-14+,19-16-,23-20+,27-25-,29-26-. The number of aliphatic hydroxyl groups excluding tert-OH is 2. The molecule has 6 heteroatoms. The normalized spacial score (nSPS) is 13.8. The van der Waals surface area contributed by atoms with Crippen molar-refractivity contribution < 1.29 is 24.5 Å². The molecule has 3 atom stereocenters. The Labute approximate surface area is 396 Å². The Kier molecular flexibility index (Phi) is 49.1. The number of ether oxygens (including phenoxy) is 1. The van der Waals surface area contributed by atoms with Crippen LogP contribution in [0.1, 0.15) is 258 Å². The molecule has 0 aromatic carbocycles. The molecular weight excluding hydrogens is 791 g/mol. The molecule has 0 heterocycles. The molecule has 1 amide bonds. The quantitative estimate of drug-likeness (QED) is 0.0245. The van der Waals surface area contributed by atoms with Crippen molar-refractivity contribution in [1.82, 2.24) is 5.32 Å². The zero-order valence-corrected chi connectivity index (χ0v) is 42.1. The number of esters is 1. The van der Waals surface area contributed by atoms with Crippen molar-refractivity contribution in [2.45, 2.75) is 277 Å². The van der Waals surface area contributed by atoms with E-state index in [-0.39, 0.29) is 24.9 Å². The number of unbranched alkanes of at least 4 members (excludes halogenated alkanes) is 27. The van der Waals surface area contributed by atoms with Gasteiger partial charge in [0.2, 0.25) is 5.91 Å². The minimum absolute atomic E-state index is 0.0603. The van der Waals surface area contributed by atoms with Crippen molar-refractivity contribution in [1.29, 1.82) is 0 Å². The van der Waals surface area contributed by atoms with E-state index in [1.165, 1.54) is 116 Å². The van der Waals surface area contributed by atoms with E-state index in [0.29, 0.717) is 19.3 Å². The Balaban J connectivity index is 4.64. The van der Waals surface area contributed by atoms with Crippen LogP contribution < -0.4 is 5.32 Å². The summed E-state index contributed by atoms with van der Waals surface area (Å²) in [5.74, 6) is -0.506. The average molecular weight is 894 g/mol. The minimum atomic E-state index is -0.797. The first-order valence-corrected chi connectivity index (χ1v) is 27.2. The third-order valence-corrected chi connectivity index (χ3v) is 12.1. The number of hydrogen-bond donors (Lipinski definition) is 3. The molecular formula is C58H103NO5. The lowest BCUT2D eigenvalue weighted by molar-refractivity contribution is -0.151. The molecule has 6 nitrogen and oxygen atoms in total. The van der Waals surface area contributed by atoms with Crippen LogP contribution in [0, 0.1) is 0 Å². The Bertz CT molecular complexity index is 1190. The molecule has 0 aromatic heterocycles. The number of allylic oxidation sites excluding steroid dienone is 12. The van der Waals surface area contributed by atoms with E-state index in [0.717, 1.165) is 96.3 Å². The lowest BCUT2D eigenvalue weighted by Gasteiger charge is -2.24. The SMILES string of the molecule is CC/C=C/C=C/C=C/C=C\CCCCCCCC(=O)OC(CCCCCCCCC/C=C\C/C=C\CCCCC)CC(=O)NC(CO)C(O)CCCCCCCCCCCCCCC. The fourth-order valence-electron chi connectivity index (χ4n) is 8.00. The number of carbonyl (C=O) groups is 2. The highest BCUT2D eigenvalue weighted by atomic mass is 16.5. The molecule has 0 aliphatic rings. The van der Waals surface area contributed by atoms with Crippen molar-refractivity contribution in [3.05, 3.63) is 72.9 Å². The monoisotopic (exact) mass is 894 g/mol. The fraction of sp³-hybridized carbons (Fsp3) is 0.759. The summed E-state index contributed by atoms with van der Waals surface area (Å²) in [6.07, 6.45) is 65.3. The summed E-state index contributed by atoms with van der Waals surface area (Å²) in [5.41, 5.74) is 0. The molecule has 0 rings (SSSR count). The third kappa shape index (κ3) is 45.9. The van der Waals surface area contributed by atoms with Gasteiger partial charge in [0.15, 0.2) is 0 Å². The van der Waals surface area contributed by atoms with Gasteiger partial charge in [0, 0.05) is 6.42 Å².